The molecule has 0 saturated heterocycles. The van der Waals surface area contributed by atoms with Crippen LogP contribution in [0, 0.1) is 0 Å². The van der Waals surface area contributed by atoms with Crippen molar-refractivity contribution < 1.29 is 4.79 Å². The van der Waals surface area contributed by atoms with Crippen LogP contribution in [0.3, 0.4) is 0 Å². The first-order chi connectivity index (χ1) is 7.86. The standard InChI is InChI=1S/C14H13NO/c16-12-8-4-7-11-9-15-14(13(11)12)10-5-2-1-3-6-10/h1-3,5-6,9,15H,4,7-8H2. The van der Waals surface area contributed by atoms with Crippen LogP contribution in [0.25, 0.3) is 11.3 Å². The summed E-state index contributed by atoms with van der Waals surface area (Å²) in [6.07, 6.45) is 4.67. The Morgan fingerprint density at radius 1 is 1.06 bits per heavy atom. The quantitative estimate of drug-likeness (QED) is 0.772. The van der Waals surface area contributed by atoms with Crippen molar-refractivity contribution in [3.05, 3.63) is 47.7 Å². The molecule has 1 aromatic carbocycles. The zero-order valence-electron chi connectivity index (χ0n) is 8.99. The Balaban J connectivity index is 2.16. The van der Waals surface area contributed by atoms with Crippen molar-refractivity contribution in [1.29, 1.82) is 0 Å². The summed E-state index contributed by atoms with van der Waals surface area (Å²) in [6, 6.07) is 10.1. The van der Waals surface area contributed by atoms with E-state index in [1.165, 1.54) is 5.56 Å². The third-order valence-corrected chi connectivity index (χ3v) is 3.15. The molecule has 0 bridgehead atoms. The molecule has 1 aliphatic carbocycles. The molecular weight excluding hydrogens is 198 g/mol. The molecule has 0 spiro atoms. The van der Waals surface area contributed by atoms with Crippen LogP contribution in [0.15, 0.2) is 36.5 Å². The average molecular weight is 211 g/mol. The van der Waals surface area contributed by atoms with Gasteiger partial charge in [-0.25, -0.2) is 0 Å². The lowest BCUT2D eigenvalue weighted by molar-refractivity contribution is 0.0973. The molecule has 3 rings (SSSR count). The molecule has 0 radical (unpaired) electrons. The molecule has 1 aliphatic rings. The summed E-state index contributed by atoms with van der Waals surface area (Å²) in [5.41, 5.74) is 4.17. The fraction of sp³-hybridized carbons (Fsp3) is 0.214. The van der Waals surface area contributed by atoms with Crippen molar-refractivity contribution in [3.63, 3.8) is 0 Å². The minimum Gasteiger partial charge on any atom is -0.360 e. The first-order valence-electron chi connectivity index (χ1n) is 5.65. The van der Waals surface area contributed by atoms with Crippen molar-refractivity contribution in [2.24, 2.45) is 0 Å². The van der Waals surface area contributed by atoms with E-state index in [1.807, 2.05) is 36.5 Å². The van der Waals surface area contributed by atoms with Crippen molar-refractivity contribution in [3.8, 4) is 11.3 Å². The number of ketones is 1. The van der Waals surface area contributed by atoms with E-state index in [4.69, 9.17) is 0 Å². The van der Waals surface area contributed by atoms with Gasteiger partial charge in [-0.1, -0.05) is 30.3 Å². The van der Waals surface area contributed by atoms with Gasteiger partial charge in [0.05, 0.1) is 5.69 Å². The van der Waals surface area contributed by atoms with Gasteiger partial charge in [-0.15, -0.1) is 0 Å². The zero-order valence-corrected chi connectivity index (χ0v) is 8.99. The van der Waals surface area contributed by atoms with E-state index in [9.17, 15) is 4.79 Å². The van der Waals surface area contributed by atoms with E-state index in [0.29, 0.717) is 6.42 Å². The Hall–Kier alpha value is -1.83. The van der Waals surface area contributed by atoms with Gasteiger partial charge in [0.2, 0.25) is 0 Å². The van der Waals surface area contributed by atoms with Crippen LogP contribution in [0.4, 0.5) is 0 Å². The van der Waals surface area contributed by atoms with E-state index in [1.54, 1.807) is 0 Å². The first-order valence-corrected chi connectivity index (χ1v) is 5.65. The Kier molecular flexibility index (Phi) is 2.13. The lowest BCUT2D eigenvalue weighted by Crippen LogP contribution is -2.09. The molecule has 2 heteroatoms. The normalized spacial score (nSPS) is 14.9. The molecule has 0 atom stereocenters. The van der Waals surface area contributed by atoms with Gasteiger partial charge in [0.1, 0.15) is 0 Å². The van der Waals surface area contributed by atoms with E-state index in [0.717, 1.165) is 29.7 Å². The maximum absolute atomic E-state index is 11.9. The lowest BCUT2D eigenvalue weighted by atomic mass is 9.91. The van der Waals surface area contributed by atoms with Crippen LogP contribution in [-0.2, 0) is 6.42 Å². The molecule has 0 aliphatic heterocycles. The molecule has 0 unspecified atom stereocenters. The number of benzene rings is 1. The SMILES string of the molecule is O=C1CCCc2c[nH]c(-c3ccccc3)c21. The highest BCUT2D eigenvalue weighted by Gasteiger charge is 2.22. The summed E-state index contributed by atoms with van der Waals surface area (Å²) in [5.74, 6) is 0.279. The van der Waals surface area contributed by atoms with E-state index in [2.05, 4.69) is 4.98 Å². The summed E-state index contributed by atoms with van der Waals surface area (Å²) in [7, 11) is 0. The number of Topliss-reactive ketones (excluding diaryl/α,β-unsaturated/α-hetero) is 1. The molecule has 16 heavy (non-hydrogen) atoms. The molecular formula is C14H13NO. The van der Waals surface area contributed by atoms with Crippen LogP contribution >= 0.6 is 0 Å². The van der Waals surface area contributed by atoms with Crippen molar-refractivity contribution in [1.82, 2.24) is 4.98 Å². The number of aryl methyl sites for hydroxylation is 1. The number of H-pyrrole nitrogens is 1. The Morgan fingerprint density at radius 2 is 1.88 bits per heavy atom. The number of aromatic amines is 1. The van der Waals surface area contributed by atoms with E-state index in [-0.39, 0.29) is 5.78 Å². The maximum atomic E-state index is 11.9. The first kappa shape index (κ1) is 9.40. The van der Waals surface area contributed by atoms with E-state index < -0.39 is 0 Å². The Labute approximate surface area is 94.3 Å². The molecule has 1 heterocycles. The van der Waals surface area contributed by atoms with Gasteiger partial charge in [0.25, 0.3) is 0 Å². The highest BCUT2D eigenvalue weighted by atomic mass is 16.1. The predicted molar refractivity (Wildman–Crippen MR) is 63.5 cm³/mol. The van der Waals surface area contributed by atoms with Crippen LogP contribution in [0.2, 0.25) is 0 Å². The highest BCUT2D eigenvalue weighted by Crippen LogP contribution is 2.30. The van der Waals surface area contributed by atoms with Gasteiger partial charge >= 0.3 is 0 Å². The molecule has 1 N–H and O–H groups in total. The van der Waals surface area contributed by atoms with Crippen LogP contribution in [0.1, 0.15) is 28.8 Å². The summed E-state index contributed by atoms with van der Waals surface area (Å²) in [5, 5.41) is 0. The van der Waals surface area contributed by atoms with Crippen molar-refractivity contribution in [2.75, 3.05) is 0 Å². The highest BCUT2D eigenvalue weighted by molar-refractivity contribution is 6.03. The third-order valence-electron chi connectivity index (χ3n) is 3.15. The number of hydrogen-bond acceptors (Lipinski definition) is 1. The number of carbonyl (C=O) groups excluding carboxylic acids is 1. The second-order valence-electron chi connectivity index (χ2n) is 4.21. The number of fused-ring (bicyclic) bond motifs is 1. The van der Waals surface area contributed by atoms with Crippen molar-refractivity contribution >= 4 is 5.78 Å². The van der Waals surface area contributed by atoms with Gasteiger partial charge in [-0.3, -0.25) is 4.79 Å². The second kappa shape index (κ2) is 3.63. The van der Waals surface area contributed by atoms with Gasteiger partial charge < -0.3 is 4.98 Å². The fourth-order valence-corrected chi connectivity index (χ4v) is 2.38. The molecule has 2 nitrogen and oxygen atoms in total. The summed E-state index contributed by atoms with van der Waals surface area (Å²) in [4.78, 5) is 15.2. The number of nitrogens with one attached hydrogen (secondary N) is 1. The monoisotopic (exact) mass is 211 g/mol. The third kappa shape index (κ3) is 1.38. The average Bonchev–Trinajstić information content (AvgIpc) is 2.75. The Morgan fingerprint density at radius 3 is 2.69 bits per heavy atom. The Bertz CT molecular complexity index is 525. The summed E-state index contributed by atoms with van der Waals surface area (Å²) < 4.78 is 0. The van der Waals surface area contributed by atoms with Gasteiger partial charge in [-0.2, -0.15) is 0 Å². The molecule has 0 amide bonds. The smallest absolute Gasteiger partial charge is 0.165 e. The minimum absolute atomic E-state index is 0.279. The van der Waals surface area contributed by atoms with Crippen molar-refractivity contribution in [2.45, 2.75) is 19.3 Å². The molecule has 1 aromatic heterocycles. The van der Waals surface area contributed by atoms with Gasteiger partial charge in [0, 0.05) is 18.2 Å². The number of carbonyl (C=O) groups is 1. The van der Waals surface area contributed by atoms with Crippen LogP contribution in [-0.4, -0.2) is 10.8 Å². The molecule has 2 aromatic rings. The number of rotatable bonds is 1. The second-order valence-corrected chi connectivity index (χ2v) is 4.21. The lowest BCUT2D eigenvalue weighted by Gasteiger charge is -2.11. The maximum Gasteiger partial charge on any atom is 0.165 e. The van der Waals surface area contributed by atoms with Gasteiger partial charge in [-0.05, 0) is 24.0 Å². The number of aromatic nitrogens is 1. The van der Waals surface area contributed by atoms with Crippen LogP contribution in [0.5, 0.6) is 0 Å². The zero-order chi connectivity index (χ0) is 11.0. The predicted octanol–water partition coefficient (Wildman–Crippen LogP) is 3.20. The molecule has 80 valence electrons. The minimum atomic E-state index is 0.279. The molecule has 0 fully saturated rings. The largest absolute Gasteiger partial charge is 0.360 e. The molecule has 0 saturated carbocycles. The number of hydrogen-bond donors (Lipinski definition) is 1. The summed E-state index contributed by atoms with van der Waals surface area (Å²) >= 11 is 0. The van der Waals surface area contributed by atoms with E-state index >= 15 is 0 Å². The topological polar surface area (TPSA) is 32.9 Å². The van der Waals surface area contributed by atoms with Gasteiger partial charge in [0.15, 0.2) is 5.78 Å². The summed E-state index contributed by atoms with van der Waals surface area (Å²) in [6.45, 7) is 0. The fourth-order valence-electron chi connectivity index (χ4n) is 2.38. The van der Waals surface area contributed by atoms with Crippen LogP contribution < -0.4 is 0 Å².